The van der Waals surface area contributed by atoms with E-state index in [0.717, 1.165) is 6.42 Å². The molecule has 1 fully saturated rings. The van der Waals surface area contributed by atoms with Crippen LogP contribution in [0, 0.1) is 0 Å². The van der Waals surface area contributed by atoms with Crippen molar-refractivity contribution in [1.82, 2.24) is 15.1 Å². The summed E-state index contributed by atoms with van der Waals surface area (Å²) < 4.78 is 0. The monoisotopic (exact) mass is 287 g/mol. The van der Waals surface area contributed by atoms with Gasteiger partial charge in [-0.15, -0.1) is 0 Å². The molecular weight excluding hydrogens is 270 g/mol. The van der Waals surface area contributed by atoms with E-state index in [-0.39, 0.29) is 23.7 Å². The zero-order valence-electron chi connectivity index (χ0n) is 11.8. The van der Waals surface area contributed by atoms with E-state index in [1.807, 2.05) is 0 Å². The first-order valence-electron chi connectivity index (χ1n) is 6.97. The summed E-state index contributed by atoms with van der Waals surface area (Å²) in [5, 5.41) is 17.4. The van der Waals surface area contributed by atoms with Crippen LogP contribution in [0.4, 0.5) is 0 Å². The molecule has 1 aliphatic heterocycles. The third-order valence-corrected chi connectivity index (χ3v) is 3.86. The van der Waals surface area contributed by atoms with Crippen LogP contribution < -0.4 is 5.56 Å². The van der Waals surface area contributed by atoms with Gasteiger partial charge in [0.15, 0.2) is 5.69 Å². The van der Waals surface area contributed by atoms with Gasteiger partial charge in [0.2, 0.25) is 0 Å². The minimum absolute atomic E-state index is 0.225. The van der Waals surface area contributed by atoms with Crippen LogP contribution in [-0.4, -0.2) is 44.8 Å². The summed E-state index contributed by atoms with van der Waals surface area (Å²) in [5.41, 5.74) is -0.956. The van der Waals surface area contributed by atoms with Crippen molar-refractivity contribution >= 4 is 16.7 Å². The van der Waals surface area contributed by atoms with Crippen molar-refractivity contribution < 1.29 is 9.90 Å². The fraction of sp³-hybridized carbons (Fsp3) is 0.400. The molecule has 1 amide bonds. The highest BCUT2D eigenvalue weighted by molar-refractivity contribution is 6.04. The summed E-state index contributed by atoms with van der Waals surface area (Å²) in [6, 6.07) is 6.90. The average Bonchev–Trinajstić information content (AvgIpc) is 2.46. The number of piperidine rings is 1. The van der Waals surface area contributed by atoms with Crippen molar-refractivity contribution in [3.05, 3.63) is 40.3 Å². The second-order valence-electron chi connectivity index (χ2n) is 5.77. The first-order chi connectivity index (χ1) is 9.98. The fourth-order valence-corrected chi connectivity index (χ4v) is 2.82. The Kier molecular flexibility index (Phi) is 3.25. The summed E-state index contributed by atoms with van der Waals surface area (Å²) >= 11 is 0. The number of H-pyrrole nitrogens is 1. The summed E-state index contributed by atoms with van der Waals surface area (Å²) in [5.74, 6) is -0.262. The van der Waals surface area contributed by atoms with E-state index in [2.05, 4.69) is 10.2 Å². The minimum atomic E-state index is -0.869. The number of rotatable bonds is 1. The van der Waals surface area contributed by atoms with Crippen molar-refractivity contribution in [2.75, 3.05) is 13.1 Å². The number of amides is 1. The van der Waals surface area contributed by atoms with Gasteiger partial charge < -0.3 is 10.0 Å². The van der Waals surface area contributed by atoms with Gasteiger partial charge >= 0.3 is 0 Å². The van der Waals surface area contributed by atoms with Gasteiger partial charge in [0.1, 0.15) is 0 Å². The zero-order valence-corrected chi connectivity index (χ0v) is 11.8. The fourth-order valence-electron chi connectivity index (χ4n) is 2.82. The van der Waals surface area contributed by atoms with E-state index in [9.17, 15) is 14.7 Å². The second-order valence-corrected chi connectivity index (χ2v) is 5.77. The lowest BCUT2D eigenvalue weighted by molar-refractivity contribution is -0.0109. The molecule has 110 valence electrons. The zero-order chi connectivity index (χ0) is 15.0. The number of carbonyl (C=O) groups is 1. The Hall–Kier alpha value is -2.21. The number of benzene rings is 1. The molecule has 6 heteroatoms. The van der Waals surface area contributed by atoms with Gasteiger partial charge in [-0.2, -0.15) is 5.10 Å². The van der Waals surface area contributed by atoms with Crippen LogP contribution >= 0.6 is 0 Å². The number of aliphatic hydroxyl groups is 1. The molecule has 0 spiro atoms. The van der Waals surface area contributed by atoms with Crippen LogP contribution in [0.15, 0.2) is 29.1 Å². The lowest BCUT2D eigenvalue weighted by atomic mass is 9.95. The highest BCUT2D eigenvalue weighted by atomic mass is 16.3. The summed E-state index contributed by atoms with van der Waals surface area (Å²) in [6.07, 6.45) is 1.43. The van der Waals surface area contributed by atoms with E-state index >= 15 is 0 Å². The third-order valence-electron chi connectivity index (χ3n) is 3.86. The molecule has 0 bridgehead atoms. The molecule has 1 aromatic heterocycles. The second kappa shape index (κ2) is 4.96. The third kappa shape index (κ3) is 2.54. The number of hydrogen-bond donors (Lipinski definition) is 2. The van der Waals surface area contributed by atoms with Gasteiger partial charge in [-0.05, 0) is 25.8 Å². The number of nitrogens with zero attached hydrogens (tertiary/aromatic N) is 2. The van der Waals surface area contributed by atoms with E-state index in [1.165, 1.54) is 0 Å². The Bertz CT molecular complexity index is 751. The van der Waals surface area contributed by atoms with Gasteiger partial charge in [0.05, 0.1) is 11.0 Å². The molecular formula is C15H17N3O3. The van der Waals surface area contributed by atoms with E-state index in [0.29, 0.717) is 23.7 Å². The van der Waals surface area contributed by atoms with E-state index in [4.69, 9.17) is 0 Å². The molecule has 2 aromatic rings. The summed E-state index contributed by atoms with van der Waals surface area (Å²) in [7, 11) is 0. The highest BCUT2D eigenvalue weighted by Crippen LogP contribution is 2.23. The van der Waals surface area contributed by atoms with E-state index in [1.54, 1.807) is 36.1 Å². The van der Waals surface area contributed by atoms with Gasteiger partial charge in [-0.1, -0.05) is 18.2 Å². The molecule has 3 rings (SSSR count). The lowest BCUT2D eigenvalue weighted by Crippen LogP contribution is -2.48. The lowest BCUT2D eigenvalue weighted by Gasteiger charge is -2.36. The molecule has 0 saturated carbocycles. The van der Waals surface area contributed by atoms with Gasteiger partial charge in [0, 0.05) is 18.5 Å². The van der Waals surface area contributed by atoms with Gasteiger partial charge in [-0.25, -0.2) is 5.10 Å². The number of likely N-dealkylation sites (tertiary alicyclic amines) is 1. The standard InChI is InChI=1S/C15H17N3O3/c1-15(21)7-4-8-18(9-15)14(20)12-10-5-2-3-6-11(10)13(19)17-16-12/h2-3,5-6,21H,4,7-9H2,1H3,(H,17,19). The number of aromatic nitrogens is 2. The number of nitrogens with one attached hydrogen (secondary N) is 1. The highest BCUT2D eigenvalue weighted by Gasteiger charge is 2.32. The molecule has 1 unspecified atom stereocenters. The van der Waals surface area contributed by atoms with Crippen molar-refractivity contribution in [2.24, 2.45) is 0 Å². The van der Waals surface area contributed by atoms with Gasteiger partial charge in [0.25, 0.3) is 11.5 Å². The van der Waals surface area contributed by atoms with Crippen LogP contribution in [0.3, 0.4) is 0 Å². The molecule has 1 atom stereocenters. The van der Waals surface area contributed by atoms with Crippen LogP contribution in [-0.2, 0) is 0 Å². The summed E-state index contributed by atoms with van der Waals surface area (Å²) in [4.78, 5) is 26.0. The Morgan fingerprint density at radius 2 is 2.10 bits per heavy atom. The Morgan fingerprint density at radius 3 is 2.81 bits per heavy atom. The number of fused-ring (bicyclic) bond motifs is 1. The number of hydrogen-bond acceptors (Lipinski definition) is 4. The molecule has 2 heterocycles. The van der Waals surface area contributed by atoms with Crippen LogP contribution in [0.25, 0.3) is 10.8 Å². The van der Waals surface area contributed by atoms with Crippen LogP contribution in [0.5, 0.6) is 0 Å². The summed E-state index contributed by atoms with van der Waals surface area (Å²) in [6.45, 7) is 2.59. The van der Waals surface area contributed by atoms with E-state index < -0.39 is 5.60 Å². The topological polar surface area (TPSA) is 86.3 Å². The smallest absolute Gasteiger partial charge is 0.275 e. The first-order valence-corrected chi connectivity index (χ1v) is 6.97. The average molecular weight is 287 g/mol. The molecule has 0 aliphatic carbocycles. The normalized spacial score (nSPS) is 22.5. The quantitative estimate of drug-likeness (QED) is 0.816. The maximum atomic E-state index is 12.6. The predicted molar refractivity (Wildman–Crippen MR) is 78.1 cm³/mol. The maximum absolute atomic E-state index is 12.6. The molecule has 1 aromatic carbocycles. The molecule has 1 aliphatic rings. The van der Waals surface area contributed by atoms with Crippen molar-refractivity contribution in [1.29, 1.82) is 0 Å². The van der Waals surface area contributed by atoms with Crippen LogP contribution in [0.1, 0.15) is 30.3 Å². The predicted octanol–water partition coefficient (Wildman–Crippen LogP) is 0.910. The molecule has 2 N–H and O–H groups in total. The Labute approximate surface area is 121 Å². The van der Waals surface area contributed by atoms with Crippen LogP contribution in [0.2, 0.25) is 0 Å². The maximum Gasteiger partial charge on any atom is 0.275 e. The number of carbonyl (C=O) groups excluding carboxylic acids is 1. The Morgan fingerprint density at radius 1 is 1.38 bits per heavy atom. The molecule has 1 saturated heterocycles. The first kappa shape index (κ1) is 13.8. The van der Waals surface area contributed by atoms with Crippen molar-refractivity contribution in [2.45, 2.75) is 25.4 Å². The number of aromatic amines is 1. The largest absolute Gasteiger partial charge is 0.388 e. The van der Waals surface area contributed by atoms with Crippen molar-refractivity contribution in [3.8, 4) is 0 Å². The SMILES string of the molecule is CC1(O)CCCN(C(=O)c2n[nH]c(=O)c3ccccc23)C1. The molecule has 0 radical (unpaired) electrons. The Balaban J connectivity index is 2.03. The molecule has 21 heavy (non-hydrogen) atoms. The van der Waals surface area contributed by atoms with Gasteiger partial charge in [-0.3, -0.25) is 9.59 Å². The molecule has 6 nitrogen and oxygen atoms in total. The van der Waals surface area contributed by atoms with Crippen molar-refractivity contribution in [3.63, 3.8) is 0 Å². The number of β-amino-alcohol motifs (C(OH)–C–C–N with tert-alkyl or cyclic N) is 1. The minimum Gasteiger partial charge on any atom is -0.388 e.